The summed E-state index contributed by atoms with van der Waals surface area (Å²) in [5, 5.41) is 31.1. The van der Waals surface area contributed by atoms with Gasteiger partial charge in [-0.25, -0.2) is 0 Å². The molecule has 1 unspecified atom stereocenters. The third-order valence-corrected chi connectivity index (χ3v) is 4.68. The van der Waals surface area contributed by atoms with Gasteiger partial charge in [0.25, 0.3) is 11.8 Å². The molecule has 0 radical (unpaired) electrons. The Labute approximate surface area is 145 Å². The minimum atomic E-state index is -0.655. The molecule has 2 heterocycles. The molecule has 1 aromatic carbocycles. The van der Waals surface area contributed by atoms with Gasteiger partial charge in [0.05, 0.1) is 0 Å². The van der Waals surface area contributed by atoms with Crippen molar-refractivity contribution in [3.05, 3.63) is 17.7 Å². The number of aromatic hydroxyl groups is 3. The second-order valence-electron chi connectivity index (χ2n) is 6.44. The van der Waals surface area contributed by atoms with E-state index in [0.717, 1.165) is 25.0 Å². The molecular formula is C17H22N2O6. The SMILES string of the molecule is O=C(NC1CCN(C(=O)C2CCCO2)CC1)c1cc(O)c(O)c(O)c1. The van der Waals surface area contributed by atoms with Crippen molar-refractivity contribution in [3.8, 4) is 17.2 Å². The second kappa shape index (κ2) is 7.18. The number of hydrogen-bond acceptors (Lipinski definition) is 6. The van der Waals surface area contributed by atoms with E-state index in [4.69, 9.17) is 4.74 Å². The van der Waals surface area contributed by atoms with Crippen LogP contribution in [0.3, 0.4) is 0 Å². The number of rotatable bonds is 3. The average Bonchev–Trinajstić information content (AvgIpc) is 3.14. The molecule has 8 nitrogen and oxygen atoms in total. The zero-order chi connectivity index (χ0) is 18.0. The van der Waals surface area contributed by atoms with Crippen molar-refractivity contribution in [2.75, 3.05) is 19.7 Å². The fourth-order valence-electron chi connectivity index (χ4n) is 3.22. The van der Waals surface area contributed by atoms with Gasteiger partial charge < -0.3 is 30.3 Å². The van der Waals surface area contributed by atoms with Crippen LogP contribution in [0.2, 0.25) is 0 Å². The minimum Gasteiger partial charge on any atom is -0.504 e. The predicted octanol–water partition coefficient (Wildman–Crippen LogP) is 0.703. The zero-order valence-corrected chi connectivity index (χ0v) is 13.8. The van der Waals surface area contributed by atoms with E-state index in [1.165, 1.54) is 0 Å². The molecule has 4 N–H and O–H groups in total. The first-order valence-electron chi connectivity index (χ1n) is 8.42. The summed E-state index contributed by atoms with van der Waals surface area (Å²) in [6, 6.07) is 2.10. The fraction of sp³-hybridized carbons (Fsp3) is 0.529. The van der Waals surface area contributed by atoms with Crippen LogP contribution in [-0.2, 0) is 9.53 Å². The molecule has 2 aliphatic heterocycles. The van der Waals surface area contributed by atoms with Crippen LogP contribution in [0.5, 0.6) is 17.2 Å². The van der Waals surface area contributed by atoms with Gasteiger partial charge in [0, 0.05) is 31.3 Å². The zero-order valence-electron chi connectivity index (χ0n) is 13.8. The van der Waals surface area contributed by atoms with Gasteiger partial charge in [0.15, 0.2) is 17.2 Å². The van der Waals surface area contributed by atoms with E-state index in [2.05, 4.69) is 5.32 Å². The van der Waals surface area contributed by atoms with E-state index in [-0.39, 0.29) is 23.6 Å². The summed E-state index contributed by atoms with van der Waals surface area (Å²) in [5.74, 6) is -2.19. The molecular weight excluding hydrogens is 328 g/mol. The highest BCUT2D eigenvalue weighted by Crippen LogP contribution is 2.35. The molecule has 2 aliphatic rings. The molecule has 0 aliphatic carbocycles. The Morgan fingerprint density at radius 2 is 1.72 bits per heavy atom. The number of nitrogens with zero attached hydrogens (tertiary/aromatic N) is 1. The highest BCUT2D eigenvalue weighted by atomic mass is 16.5. The Morgan fingerprint density at radius 1 is 1.08 bits per heavy atom. The molecule has 25 heavy (non-hydrogen) atoms. The lowest BCUT2D eigenvalue weighted by Crippen LogP contribution is -2.49. The van der Waals surface area contributed by atoms with Gasteiger partial charge in [-0.2, -0.15) is 0 Å². The molecule has 2 fully saturated rings. The highest BCUT2D eigenvalue weighted by Gasteiger charge is 2.31. The number of hydrogen-bond donors (Lipinski definition) is 4. The number of ether oxygens (including phenoxy) is 1. The first-order chi connectivity index (χ1) is 12.0. The lowest BCUT2D eigenvalue weighted by atomic mass is 10.0. The number of carbonyl (C=O) groups is 2. The highest BCUT2D eigenvalue weighted by molar-refractivity contribution is 5.95. The number of carbonyl (C=O) groups excluding carboxylic acids is 2. The van der Waals surface area contributed by atoms with E-state index in [9.17, 15) is 24.9 Å². The molecule has 1 aromatic rings. The molecule has 136 valence electrons. The van der Waals surface area contributed by atoms with Gasteiger partial charge in [-0.05, 0) is 37.8 Å². The number of likely N-dealkylation sites (tertiary alicyclic amines) is 1. The van der Waals surface area contributed by atoms with Crippen molar-refractivity contribution >= 4 is 11.8 Å². The van der Waals surface area contributed by atoms with Crippen molar-refractivity contribution in [3.63, 3.8) is 0 Å². The Bertz CT molecular complexity index is 640. The van der Waals surface area contributed by atoms with E-state index < -0.39 is 23.2 Å². The molecule has 0 spiro atoms. The van der Waals surface area contributed by atoms with Crippen molar-refractivity contribution in [1.82, 2.24) is 10.2 Å². The first kappa shape index (κ1) is 17.3. The van der Waals surface area contributed by atoms with Crippen LogP contribution in [-0.4, -0.2) is 63.9 Å². The average molecular weight is 350 g/mol. The summed E-state index contributed by atoms with van der Waals surface area (Å²) in [6.45, 7) is 1.74. The predicted molar refractivity (Wildman–Crippen MR) is 87.5 cm³/mol. The monoisotopic (exact) mass is 350 g/mol. The lowest BCUT2D eigenvalue weighted by Gasteiger charge is -2.33. The molecule has 8 heteroatoms. The topological polar surface area (TPSA) is 119 Å². The summed E-state index contributed by atoms with van der Waals surface area (Å²) in [6.07, 6.45) is 2.60. The summed E-state index contributed by atoms with van der Waals surface area (Å²) >= 11 is 0. The fourth-order valence-corrected chi connectivity index (χ4v) is 3.22. The van der Waals surface area contributed by atoms with E-state index in [1.807, 2.05) is 0 Å². The third kappa shape index (κ3) is 3.79. The van der Waals surface area contributed by atoms with Gasteiger partial charge in [-0.1, -0.05) is 0 Å². The summed E-state index contributed by atoms with van der Waals surface area (Å²) in [4.78, 5) is 26.3. The number of benzene rings is 1. The van der Waals surface area contributed by atoms with Crippen LogP contribution in [0.4, 0.5) is 0 Å². The summed E-state index contributed by atoms with van der Waals surface area (Å²) in [5.41, 5.74) is 0.0608. The van der Waals surface area contributed by atoms with Gasteiger partial charge in [0.2, 0.25) is 0 Å². The minimum absolute atomic E-state index is 0.0238. The Balaban J connectivity index is 1.53. The van der Waals surface area contributed by atoms with Crippen LogP contribution in [0.15, 0.2) is 12.1 Å². The maximum atomic E-state index is 12.3. The molecule has 0 bridgehead atoms. The van der Waals surface area contributed by atoms with Crippen LogP contribution < -0.4 is 5.32 Å². The Morgan fingerprint density at radius 3 is 2.28 bits per heavy atom. The summed E-state index contributed by atoms with van der Waals surface area (Å²) < 4.78 is 5.42. The van der Waals surface area contributed by atoms with Crippen LogP contribution in [0, 0.1) is 0 Å². The van der Waals surface area contributed by atoms with E-state index in [0.29, 0.717) is 32.5 Å². The number of piperidine rings is 1. The Kier molecular flexibility index (Phi) is 4.98. The van der Waals surface area contributed by atoms with Crippen molar-refractivity contribution in [2.24, 2.45) is 0 Å². The van der Waals surface area contributed by atoms with Crippen LogP contribution in [0.25, 0.3) is 0 Å². The standard InChI is InChI=1S/C17H22N2O6/c20-12-8-10(9-13(21)15(12)22)16(23)18-11-3-5-19(6-4-11)17(24)14-2-1-7-25-14/h8-9,11,14,20-22H,1-7H2,(H,18,23). The van der Waals surface area contributed by atoms with Gasteiger partial charge in [-0.3, -0.25) is 9.59 Å². The lowest BCUT2D eigenvalue weighted by molar-refractivity contribution is -0.142. The molecule has 0 saturated carbocycles. The van der Waals surface area contributed by atoms with Crippen molar-refractivity contribution in [2.45, 2.75) is 37.8 Å². The molecule has 2 amide bonds. The van der Waals surface area contributed by atoms with Crippen LogP contribution in [0.1, 0.15) is 36.0 Å². The number of amides is 2. The molecule has 0 aromatic heterocycles. The molecule has 2 saturated heterocycles. The number of phenolic OH excluding ortho intramolecular Hbond substituents is 3. The van der Waals surface area contributed by atoms with Crippen molar-refractivity contribution < 1.29 is 29.6 Å². The van der Waals surface area contributed by atoms with Crippen LogP contribution >= 0.6 is 0 Å². The quantitative estimate of drug-likeness (QED) is 0.596. The van der Waals surface area contributed by atoms with Gasteiger partial charge >= 0.3 is 0 Å². The van der Waals surface area contributed by atoms with E-state index >= 15 is 0 Å². The van der Waals surface area contributed by atoms with Gasteiger partial charge in [0.1, 0.15) is 6.10 Å². The maximum Gasteiger partial charge on any atom is 0.251 e. The first-order valence-corrected chi connectivity index (χ1v) is 8.42. The van der Waals surface area contributed by atoms with E-state index in [1.54, 1.807) is 4.90 Å². The molecule has 1 atom stereocenters. The van der Waals surface area contributed by atoms with Gasteiger partial charge in [-0.15, -0.1) is 0 Å². The molecule has 3 rings (SSSR count). The smallest absolute Gasteiger partial charge is 0.251 e. The normalized spacial score (nSPS) is 21.3. The number of phenols is 3. The Hall–Kier alpha value is -2.48. The largest absolute Gasteiger partial charge is 0.504 e. The second-order valence-corrected chi connectivity index (χ2v) is 6.44. The maximum absolute atomic E-state index is 12.3. The number of nitrogens with one attached hydrogen (secondary N) is 1. The third-order valence-electron chi connectivity index (χ3n) is 4.68. The summed E-state index contributed by atoms with van der Waals surface area (Å²) in [7, 11) is 0. The van der Waals surface area contributed by atoms with Crippen molar-refractivity contribution in [1.29, 1.82) is 0 Å².